The molecule has 10 nitrogen and oxygen atoms in total. The van der Waals surface area contributed by atoms with E-state index in [2.05, 4.69) is 15.8 Å². The molecule has 0 atom stereocenters. The molecule has 10 heteroatoms. The average molecular weight is 504 g/mol. The normalized spacial score (nSPS) is 11.0. The van der Waals surface area contributed by atoms with E-state index in [9.17, 15) is 14.4 Å². The van der Waals surface area contributed by atoms with Gasteiger partial charge in [-0.2, -0.15) is 5.10 Å². The van der Waals surface area contributed by atoms with Crippen LogP contribution >= 0.6 is 0 Å². The number of carbonyl (C=O) groups is 3. The van der Waals surface area contributed by atoms with Crippen LogP contribution in [0.15, 0.2) is 83.6 Å². The van der Waals surface area contributed by atoms with Crippen molar-refractivity contribution in [3.63, 3.8) is 0 Å². The Hall–Kier alpha value is -5.12. The summed E-state index contributed by atoms with van der Waals surface area (Å²) in [4.78, 5) is 36.7. The first kappa shape index (κ1) is 26.5. The van der Waals surface area contributed by atoms with Crippen LogP contribution in [0.1, 0.15) is 21.5 Å². The Balaban J connectivity index is 1.88. The molecule has 3 N–H and O–H groups in total. The van der Waals surface area contributed by atoms with Crippen molar-refractivity contribution in [3.05, 3.63) is 95.2 Å². The van der Waals surface area contributed by atoms with E-state index in [1.165, 1.54) is 26.5 Å². The summed E-state index contributed by atoms with van der Waals surface area (Å²) in [6.45, 7) is -0.530. The largest absolute Gasteiger partial charge is 0.497 e. The summed E-state index contributed by atoms with van der Waals surface area (Å²) in [5.74, 6) is -1.09. The number of aliphatic carboxylic acids is 1. The number of carboxylic acids is 1. The number of nitrogens with one attached hydrogen (secondary N) is 2. The van der Waals surface area contributed by atoms with Crippen molar-refractivity contribution >= 4 is 30.1 Å². The number of hydrogen-bond donors (Lipinski definition) is 3. The molecule has 0 radical (unpaired) electrons. The van der Waals surface area contributed by atoms with E-state index in [0.29, 0.717) is 28.2 Å². The Morgan fingerprint density at radius 3 is 2.32 bits per heavy atom. The zero-order chi connectivity index (χ0) is 26.6. The maximum Gasteiger partial charge on any atom is 0.341 e. The Morgan fingerprint density at radius 2 is 1.62 bits per heavy atom. The number of nitrogens with zero attached hydrogens (tertiary/aromatic N) is 1. The van der Waals surface area contributed by atoms with Crippen LogP contribution in [0, 0.1) is 0 Å². The Bertz CT molecular complexity index is 1320. The summed E-state index contributed by atoms with van der Waals surface area (Å²) >= 11 is 0. The number of hydrogen-bond acceptors (Lipinski definition) is 7. The Labute approximate surface area is 213 Å². The molecule has 190 valence electrons. The zero-order valence-corrected chi connectivity index (χ0v) is 20.1. The standard InChI is InChI=1S/C27H25N3O7/c1-35-21-12-13-23(36-2)20(14-21)15-22(29-26(33)18-8-4-3-5-9-18)27(34)30-28-16-19-10-6-7-11-24(19)37-17-25(31)32/h3-16H,17H2,1-2H3,(H,29,33)(H,30,34)(H,31,32). The van der Waals surface area contributed by atoms with Gasteiger partial charge in [-0.05, 0) is 48.5 Å². The maximum atomic E-state index is 13.1. The van der Waals surface area contributed by atoms with Gasteiger partial charge in [-0.1, -0.05) is 30.3 Å². The summed E-state index contributed by atoms with van der Waals surface area (Å²) in [7, 11) is 2.99. The molecule has 2 amide bonds. The summed E-state index contributed by atoms with van der Waals surface area (Å²) < 4.78 is 15.9. The first-order valence-electron chi connectivity index (χ1n) is 11.0. The molecule has 0 bridgehead atoms. The van der Waals surface area contributed by atoms with E-state index in [0.717, 1.165) is 0 Å². The van der Waals surface area contributed by atoms with E-state index in [-0.39, 0.29) is 11.4 Å². The van der Waals surface area contributed by atoms with Gasteiger partial charge in [0.1, 0.15) is 22.9 Å². The third-order valence-electron chi connectivity index (χ3n) is 4.91. The van der Waals surface area contributed by atoms with Gasteiger partial charge >= 0.3 is 5.97 Å². The number of hydrazone groups is 1. The van der Waals surface area contributed by atoms with Gasteiger partial charge in [0.2, 0.25) is 0 Å². The first-order valence-corrected chi connectivity index (χ1v) is 11.0. The maximum absolute atomic E-state index is 13.1. The molecule has 0 saturated carbocycles. The number of carbonyl (C=O) groups excluding carboxylic acids is 2. The molecule has 0 spiro atoms. The molecule has 37 heavy (non-hydrogen) atoms. The summed E-state index contributed by atoms with van der Waals surface area (Å²) in [6, 6.07) is 20.0. The van der Waals surface area contributed by atoms with E-state index in [4.69, 9.17) is 19.3 Å². The fourth-order valence-corrected chi connectivity index (χ4v) is 3.13. The molecular formula is C27H25N3O7. The molecule has 0 unspecified atom stereocenters. The highest BCUT2D eigenvalue weighted by molar-refractivity contribution is 6.05. The third kappa shape index (κ3) is 7.69. The van der Waals surface area contributed by atoms with Gasteiger partial charge in [-0.3, -0.25) is 9.59 Å². The lowest BCUT2D eigenvalue weighted by molar-refractivity contribution is -0.139. The van der Waals surface area contributed by atoms with Crippen LogP contribution in [0.3, 0.4) is 0 Å². The fraction of sp³-hybridized carbons (Fsp3) is 0.111. The molecule has 0 heterocycles. The van der Waals surface area contributed by atoms with Crippen molar-refractivity contribution in [1.82, 2.24) is 10.7 Å². The second-order valence-corrected chi connectivity index (χ2v) is 7.41. The van der Waals surface area contributed by atoms with E-state index in [1.807, 2.05) is 0 Å². The topological polar surface area (TPSA) is 136 Å². The second kappa shape index (κ2) is 13.1. The van der Waals surface area contributed by atoms with Crippen molar-refractivity contribution in [2.75, 3.05) is 20.8 Å². The molecular weight excluding hydrogens is 478 g/mol. The lowest BCUT2D eigenvalue weighted by Gasteiger charge is -2.12. The van der Waals surface area contributed by atoms with Crippen molar-refractivity contribution in [2.45, 2.75) is 0 Å². The van der Waals surface area contributed by atoms with Crippen LogP contribution in [0.5, 0.6) is 17.2 Å². The molecule has 0 aromatic heterocycles. The van der Waals surface area contributed by atoms with Crippen LogP contribution in [0.4, 0.5) is 0 Å². The molecule has 3 aromatic carbocycles. The average Bonchev–Trinajstić information content (AvgIpc) is 2.92. The molecule has 0 aliphatic carbocycles. The predicted octanol–water partition coefficient (Wildman–Crippen LogP) is 3.09. The number of ether oxygens (including phenoxy) is 3. The quantitative estimate of drug-likeness (QED) is 0.208. The van der Waals surface area contributed by atoms with Gasteiger partial charge in [-0.25, -0.2) is 10.2 Å². The van der Waals surface area contributed by atoms with Gasteiger partial charge in [0.05, 0.1) is 20.4 Å². The van der Waals surface area contributed by atoms with E-state index in [1.54, 1.807) is 72.8 Å². The summed E-state index contributed by atoms with van der Waals surface area (Å²) in [5.41, 5.74) is 3.54. The molecule has 0 aliphatic rings. The van der Waals surface area contributed by atoms with Crippen LogP contribution in [0.25, 0.3) is 6.08 Å². The highest BCUT2D eigenvalue weighted by atomic mass is 16.5. The first-order chi connectivity index (χ1) is 17.9. The minimum absolute atomic E-state index is 0.104. The highest BCUT2D eigenvalue weighted by Gasteiger charge is 2.16. The molecule has 3 aromatic rings. The second-order valence-electron chi connectivity index (χ2n) is 7.41. The lowest BCUT2D eigenvalue weighted by Crippen LogP contribution is -2.32. The smallest absolute Gasteiger partial charge is 0.341 e. The van der Waals surface area contributed by atoms with Gasteiger partial charge in [-0.15, -0.1) is 0 Å². The van der Waals surface area contributed by atoms with Crippen LogP contribution in [0.2, 0.25) is 0 Å². The molecule has 0 saturated heterocycles. The van der Waals surface area contributed by atoms with Crippen molar-refractivity contribution in [3.8, 4) is 17.2 Å². The van der Waals surface area contributed by atoms with E-state index < -0.39 is 24.4 Å². The van der Waals surface area contributed by atoms with Gasteiger partial charge in [0.15, 0.2) is 6.61 Å². The molecule has 0 fully saturated rings. The Morgan fingerprint density at radius 1 is 0.892 bits per heavy atom. The zero-order valence-electron chi connectivity index (χ0n) is 20.1. The summed E-state index contributed by atoms with van der Waals surface area (Å²) in [6.07, 6.45) is 2.74. The van der Waals surface area contributed by atoms with Crippen LogP contribution in [-0.4, -0.2) is 49.9 Å². The number of para-hydroxylation sites is 1. The summed E-state index contributed by atoms with van der Waals surface area (Å²) in [5, 5.41) is 15.4. The minimum Gasteiger partial charge on any atom is -0.497 e. The monoisotopic (exact) mass is 503 g/mol. The van der Waals surface area contributed by atoms with Crippen molar-refractivity contribution in [2.24, 2.45) is 5.10 Å². The van der Waals surface area contributed by atoms with Crippen molar-refractivity contribution in [1.29, 1.82) is 0 Å². The van der Waals surface area contributed by atoms with Crippen LogP contribution in [-0.2, 0) is 9.59 Å². The Kier molecular flexibility index (Phi) is 9.38. The van der Waals surface area contributed by atoms with Crippen molar-refractivity contribution < 1.29 is 33.7 Å². The lowest BCUT2D eigenvalue weighted by atomic mass is 10.1. The van der Waals surface area contributed by atoms with Crippen LogP contribution < -0.4 is 25.0 Å². The number of carboxylic acid groups (broad SMARTS) is 1. The highest BCUT2D eigenvalue weighted by Crippen LogP contribution is 2.26. The fourth-order valence-electron chi connectivity index (χ4n) is 3.13. The van der Waals surface area contributed by atoms with E-state index >= 15 is 0 Å². The van der Waals surface area contributed by atoms with Gasteiger partial charge in [0, 0.05) is 16.7 Å². The molecule has 3 rings (SSSR count). The molecule has 0 aliphatic heterocycles. The minimum atomic E-state index is -1.13. The van der Waals surface area contributed by atoms with Gasteiger partial charge in [0.25, 0.3) is 11.8 Å². The number of benzene rings is 3. The number of methoxy groups -OCH3 is 2. The number of amides is 2. The predicted molar refractivity (Wildman–Crippen MR) is 137 cm³/mol. The third-order valence-corrected chi connectivity index (χ3v) is 4.91. The number of rotatable bonds is 11. The SMILES string of the molecule is COc1ccc(OC)c(C=C(NC(=O)c2ccccc2)C(=O)NN=Cc2ccccc2OCC(=O)O)c1. The van der Waals surface area contributed by atoms with Gasteiger partial charge < -0.3 is 24.6 Å².